The van der Waals surface area contributed by atoms with Crippen molar-refractivity contribution < 1.29 is 19.1 Å². The summed E-state index contributed by atoms with van der Waals surface area (Å²) in [4.78, 5) is 22.7. The highest BCUT2D eigenvalue weighted by Gasteiger charge is 2.15. The first-order chi connectivity index (χ1) is 8.72. The molecule has 2 unspecified atom stereocenters. The average molecular weight is 272 g/mol. The molecule has 0 rings (SSSR count). The molecule has 2 atom stereocenters. The van der Waals surface area contributed by atoms with Gasteiger partial charge in [-0.3, -0.25) is 10.6 Å². The highest BCUT2D eigenvalue weighted by molar-refractivity contribution is 5.87. The Labute approximate surface area is 114 Å². The summed E-state index contributed by atoms with van der Waals surface area (Å²) in [6.07, 6.45) is -1.83. The molecular formula is C13H24N2O4. The van der Waals surface area contributed by atoms with E-state index in [4.69, 9.17) is 9.47 Å². The smallest absolute Gasteiger partial charge is 0.411 e. The van der Waals surface area contributed by atoms with Crippen LogP contribution in [-0.4, -0.2) is 31.1 Å². The standard InChI is InChI=1S/C13H24N2O4/c1-8(2)7-14-10(5)19-13(17)15-11(6)18-12(16)9(3)4/h8,10-11,14H,3,7H2,1-2,4-6H3,(H,15,17). The van der Waals surface area contributed by atoms with E-state index in [0.29, 0.717) is 5.92 Å². The van der Waals surface area contributed by atoms with Crippen LogP contribution in [0.15, 0.2) is 12.2 Å². The summed E-state index contributed by atoms with van der Waals surface area (Å²) in [7, 11) is 0. The van der Waals surface area contributed by atoms with Gasteiger partial charge < -0.3 is 9.47 Å². The van der Waals surface area contributed by atoms with Gasteiger partial charge in [-0.05, 0) is 26.7 Å². The van der Waals surface area contributed by atoms with Crippen molar-refractivity contribution in [3.63, 3.8) is 0 Å². The van der Waals surface area contributed by atoms with Crippen LogP contribution in [0.4, 0.5) is 4.79 Å². The summed E-state index contributed by atoms with van der Waals surface area (Å²) >= 11 is 0. The molecule has 0 aliphatic carbocycles. The predicted octanol–water partition coefficient (Wildman–Crippen LogP) is 1.77. The lowest BCUT2D eigenvalue weighted by Gasteiger charge is -2.19. The number of nitrogens with one attached hydrogen (secondary N) is 2. The van der Waals surface area contributed by atoms with Gasteiger partial charge in [0.2, 0.25) is 0 Å². The average Bonchev–Trinajstić information content (AvgIpc) is 2.25. The van der Waals surface area contributed by atoms with Crippen LogP contribution in [0.5, 0.6) is 0 Å². The third-order valence-electron chi connectivity index (χ3n) is 2.05. The zero-order valence-corrected chi connectivity index (χ0v) is 12.3. The summed E-state index contributed by atoms with van der Waals surface area (Å²) in [6, 6.07) is 0. The fraction of sp³-hybridized carbons (Fsp3) is 0.692. The second-order valence-electron chi connectivity index (χ2n) is 4.82. The summed E-state index contributed by atoms with van der Waals surface area (Å²) in [5.74, 6) is -0.0941. The van der Waals surface area contributed by atoms with Gasteiger partial charge in [-0.2, -0.15) is 0 Å². The lowest BCUT2D eigenvalue weighted by Crippen LogP contribution is -2.41. The topological polar surface area (TPSA) is 76.7 Å². The second-order valence-corrected chi connectivity index (χ2v) is 4.82. The van der Waals surface area contributed by atoms with Gasteiger partial charge in [-0.1, -0.05) is 20.4 Å². The van der Waals surface area contributed by atoms with Gasteiger partial charge >= 0.3 is 12.1 Å². The Morgan fingerprint density at radius 2 is 1.68 bits per heavy atom. The summed E-state index contributed by atoms with van der Waals surface area (Å²) in [5.41, 5.74) is 0.272. The summed E-state index contributed by atoms with van der Waals surface area (Å²) < 4.78 is 9.93. The minimum Gasteiger partial charge on any atom is -0.439 e. The van der Waals surface area contributed by atoms with E-state index in [2.05, 4.69) is 31.1 Å². The van der Waals surface area contributed by atoms with Gasteiger partial charge in [-0.15, -0.1) is 0 Å². The molecule has 0 heterocycles. The normalized spacial score (nSPS) is 13.6. The molecule has 6 heteroatoms. The first-order valence-corrected chi connectivity index (χ1v) is 6.29. The van der Waals surface area contributed by atoms with E-state index in [1.807, 2.05) is 0 Å². The molecule has 0 fully saturated rings. The summed E-state index contributed by atoms with van der Waals surface area (Å²) in [6.45, 7) is 13.1. The molecule has 0 spiro atoms. The van der Waals surface area contributed by atoms with Crippen molar-refractivity contribution in [2.45, 2.75) is 47.1 Å². The van der Waals surface area contributed by atoms with Gasteiger partial charge in [0.25, 0.3) is 0 Å². The lowest BCUT2D eigenvalue weighted by atomic mass is 10.2. The zero-order chi connectivity index (χ0) is 15.0. The van der Waals surface area contributed by atoms with Crippen LogP contribution in [0.3, 0.4) is 0 Å². The number of esters is 1. The molecule has 19 heavy (non-hydrogen) atoms. The third kappa shape index (κ3) is 9.07. The zero-order valence-electron chi connectivity index (χ0n) is 12.3. The van der Waals surface area contributed by atoms with E-state index in [-0.39, 0.29) is 5.57 Å². The Kier molecular flexibility index (Phi) is 7.83. The highest BCUT2D eigenvalue weighted by Crippen LogP contribution is 1.97. The van der Waals surface area contributed by atoms with E-state index in [0.717, 1.165) is 6.54 Å². The quantitative estimate of drug-likeness (QED) is 0.419. The molecule has 0 aromatic heterocycles. The first kappa shape index (κ1) is 17.4. The van der Waals surface area contributed by atoms with Gasteiger partial charge in [0.05, 0.1) is 0 Å². The van der Waals surface area contributed by atoms with Crippen molar-refractivity contribution >= 4 is 12.1 Å². The van der Waals surface area contributed by atoms with E-state index in [9.17, 15) is 9.59 Å². The van der Waals surface area contributed by atoms with Gasteiger partial charge in [0.1, 0.15) is 0 Å². The molecule has 0 aliphatic rings. The first-order valence-electron chi connectivity index (χ1n) is 6.29. The molecule has 0 saturated carbocycles. The molecule has 0 aromatic carbocycles. The molecule has 6 nitrogen and oxygen atoms in total. The van der Waals surface area contributed by atoms with Crippen LogP contribution in [0.2, 0.25) is 0 Å². The van der Waals surface area contributed by atoms with Crippen LogP contribution in [0.25, 0.3) is 0 Å². The van der Waals surface area contributed by atoms with E-state index < -0.39 is 24.5 Å². The number of alkyl carbamates (subject to hydrolysis) is 1. The number of rotatable bonds is 7. The van der Waals surface area contributed by atoms with Crippen molar-refractivity contribution in [1.82, 2.24) is 10.6 Å². The highest BCUT2D eigenvalue weighted by atomic mass is 16.6. The number of carbonyl (C=O) groups excluding carboxylic acids is 2. The molecule has 0 saturated heterocycles. The third-order valence-corrected chi connectivity index (χ3v) is 2.05. The molecule has 0 aliphatic heterocycles. The molecule has 0 radical (unpaired) electrons. The Bertz CT molecular complexity index is 329. The minimum atomic E-state index is -0.769. The number of amides is 1. The van der Waals surface area contributed by atoms with Crippen LogP contribution in [0, 0.1) is 5.92 Å². The fourth-order valence-electron chi connectivity index (χ4n) is 1.09. The van der Waals surface area contributed by atoms with Crippen molar-refractivity contribution in [2.24, 2.45) is 5.92 Å². The van der Waals surface area contributed by atoms with Crippen molar-refractivity contribution in [3.8, 4) is 0 Å². The molecule has 0 bridgehead atoms. The van der Waals surface area contributed by atoms with Crippen molar-refractivity contribution in [2.75, 3.05) is 6.54 Å². The number of carbonyl (C=O) groups is 2. The van der Waals surface area contributed by atoms with Crippen molar-refractivity contribution in [1.29, 1.82) is 0 Å². The van der Waals surface area contributed by atoms with E-state index >= 15 is 0 Å². The maximum atomic E-state index is 11.5. The Morgan fingerprint density at radius 3 is 2.16 bits per heavy atom. The molecular weight excluding hydrogens is 248 g/mol. The van der Waals surface area contributed by atoms with Crippen LogP contribution >= 0.6 is 0 Å². The maximum Gasteiger partial charge on any atom is 0.411 e. The van der Waals surface area contributed by atoms with Gasteiger partial charge in [-0.25, -0.2) is 9.59 Å². The Hall–Kier alpha value is -1.56. The monoisotopic (exact) mass is 272 g/mol. The fourth-order valence-corrected chi connectivity index (χ4v) is 1.09. The predicted molar refractivity (Wildman–Crippen MR) is 72.3 cm³/mol. The van der Waals surface area contributed by atoms with Crippen molar-refractivity contribution in [3.05, 3.63) is 12.2 Å². The second kappa shape index (κ2) is 8.53. The maximum absolute atomic E-state index is 11.5. The largest absolute Gasteiger partial charge is 0.439 e. The van der Waals surface area contributed by atoms with Crippen LogP contribution < -0.4 is 10.6 Å². The number of ether oxygens (including phenoxy) is 2. The SMILES string of the molecule is C=C(C)C(=O)OC(C)NC(=O)OC(C)NCC(C)C. The van der Waals surface area contributed by atoms with Crippen LogP contribution in [-0.2, 0) is 14.3 Å². The van der Waals surface area contributed by atoms with E-state index in [1.54, 1.807) is 6.92 Å². The minimum absolute atomic E-state index is 0.272. The molecule has 1 amide bonds. The Balaban J connectivity index is 3.96. The van der Waals surface area contributed by atoms with Gasteiger partial charge in [0, 0.05) is 12.1 Å². The Morgan fingerprint density at radius 1 is 1.11 bits per heavy atom. The molecule has 0 aromatic rings. The number of hydrogen-bond acceptors (Lipinski definition) is 5. The number of hydrogen-bond donors (Lipinski definition) is 2. The van der Waals surface area contributed by atoms with Crippen LogP contribution in [0.1, 0.15) is 34.6 Å². The van der Waals surface area contributed by atoms with Gasteiger partial charge in [0.15, 0.2) is 12.5 Å². The molecule has 110 valence electrons. The molecule has 2 N–H and O–H groups in total. The van der Waals surface area contributed by atoms with E-state index in [1.165, 1.54) is 13.8 Å². The summed E-state index contributed by atoms with van der Waals surface area (Å²) in [5, 5.41) is 5.44. The lowest BCUT2D eigenvalue weighted by molar-refractivity contribution is -0.144.